The van der Waals surface area contributed by atoms with Gasteiger partial charge in [-0.1, -0.05) is 30.3 Å². The Morgan fingerprint density at radius 2 is 1.85 bits per heavy atom. The van der Waals surface area contributed by atoms with Gasteiger partial charge in [0.05, 0.1) is 12.6 Å². The lowest BCUT2D eigenvalue weighted by atomic mass is 10.1. The summed E-state index contributed by atoms with van der Waals surface area (Å²) < 4.78 is 13.1. The molecule has 2 aromatic carbocycles. The van der Waals surface area contributed by atoms with Crippen LogP contribution >= 0.6 is 0 Å². The largest absolute Gasteiger partial charge is 0.387 e. The number of H-pyrrole nitrogens is 1. The predicted molar refractivity (Wildman–Crippen MR) is 97.1 cm³/mol. The van der Waals surface area contributed by atoms with E-state index in [1.165, 1.54) is 17.0 Å². The fourth-order valence-corrected chi connectivity index (χ4v) is 2.72. The highest BCUT2D eigenvalue weighted by Gasteiger charge is 2.21. The lowest BCUT2D eigenvalue weighted by Gasteiger charge is -2.20. The second-order valence-corrected chi connectivity index (χ2v) is 6.18. The van der Waals surface area contributed by atoms with E-state index in [9.17, 15) is 14.3 Å². The van der Waals surface area contributed by atoms with Gasteiger partial charge in [0.25, 0.3) is 5.91 Å². The summed E-state index contributed by atoms with van der Waals surface area (Å²) in [4.78, 5) is 21.6. The first-order valence-corrected chi connectivity index (χ1v) is 8.26. The Labute approximate surface area is 151 Å². The molecule has 1 atom stereocenters. The van der Waals surface area contributed by atoms with E-state index in [1.807, 2.05) is 30.3 Å². The van der Waals surface area contributed by atoms with E-state index in [0.717, 1.165) is 5.56 Å². The van der Waals surface area contributed by atoms with Crippen molar-refractivity contribution in [3.05, 3.63) is 77.4 Å². The van der Waals surface area contributed by atoms with Gasteiger partial charge in [0, 0.05) is 18.3 Å². The predicted octanol–water partition coefficient (Wildman–Crippen LogP) is 3.33. The van der Waals surface area contributed by atoms with Gasteiger partial charge in [-0.05, 0) is 36.8 Å². The van der Waals surface area contributed by atoms with Crippen molar-refractivity contribution in [3.63, 3.8) is 0 Å². The molecule has 0 aliphatic heterocycles. The van der Waals surface area contributed by atoms with Gasteiger partial charge < -0.3 is 15.0 Å². The molecule has 3 aromatic rings. The molecule has 3 rings (SSSR count). The molecule has 26 heavy (non-hydrogen) atoms. The Morgan fingerprint density at radius 3 is 2.50 bits per heavy atom. The zero-order valence-corrected chi connectivity index (χ0v) is 14.6. The van der Waals surface area contributed by atoms with Crippen molar-refractivity contribution in [3.8, 4) is 11.4 Å². The van der Waals surface area contributed by atoms with Crippen LogP contribution in [-0.4, -0.2) is 39.5 Å². The maximum atomic E-state index is 13.1. The number of likely N-dealkylation sites (N-methyl/N-ethyl adjacent to an activating group) is 1. The molecule has 2 N–H and O–H groups in total. The van der Waals surface area contributed by atoms with Gasteiger partial charge in [-0.15, -0.1) is 0 Å². The highest BCUT2D eigenvalue weighted by atomic mass is 19.1. The van der Waals surface area contributed by atoms with Gasteiger partial charge in [0.1, 0.15) is 17.3 Å². The van der Waals surface area contributed by atoms with Crippen molar-refractivity contribution in [2.24, 2.45) is 0 Å². The van der Waals surface area contributed by atoms with Crippen LogP contribution in [0.25, 0.3) is 11.4 Å². The molecule has 0 saturated carbocycles. The number of carbonyl (C=O) groups excluding carboxylic acids is 1. The van der Waals surface area contributed by atoms with Crippen molar-refractivity contribution in [1.82, 2.24) is 14.9 Å². The molecular weight excluding hydrogens is 333 g/mol. The Kier molecular flexibility index (Phi) is 5.14. The number of hydrogen-bond acceptors (Lipinski definition) is 3. The SMILES string of the molecule is Cc1[nH]c(-c2ccc(F)cc2)nc1C(=O)N(C)CC(O)c1ccccc1. The number of aryl methyl sites for hydroxylation is 1. The van der Waals surface area contributed by atoms with E-state index in [1.54, 1.807) is 26.1 Å². The lowest BCUT2D eigenvalue weighted by Crippen LogP contribution is -2.31. The summed E-state index contributed by atoms with van der Waals surface area (Å²) in [6.07, 6.45) is -0.777. The number of carbonyl (C=O) groups is 1. The second-order valence-electron chi connectivity index (χ2n) is 6.18. The number of aromatic nitrogens is 2. The Hall–Kier alpha value is -2.99. The maximum Gasteiger partial charge on any atom is 0.274 e. The van der Waals surface area contributed by atoms with Crippen LogP contribution in [0.1, 0.15) is 27.8 Å². The van der Waals surface area contributed by atoms with Gasteiger partial charge >= 0.3 is 0 Å². The fraction of sp³-hybridized carbons (Fsp3) is 0.200. The molecule has 5 nitrogen and oxygen atoms in total. The number of aliphatic hydroxyl groups excluding tert-OH is 1. The zero-order chi connectivity index (χ0) is 18.7. The van der Waals surface area contributed by atoms with Crippen LogP contribution in [-0.2, 0) is 0 Å². The number of imidazole rings is 1. The van der Waals surface area contributed by atoms with Gasteiger partial charge in [-0.25, -0.2) is 9.37 Å². The first-order valence-electron chi connectivity index (χ1n) is 8.26. The molecule has 6 heteroatoms. The molecule has 0 radical (unpaired) electrons. The first-order chi connectivity index (χ1) is 12.5. The van der Waals surface area contributed by atoms with Gasteiger partial charge in [0.15, 0.2) is 0 Å². The van der Waals surface area contributed by atoms with Crippen molar-refractivity contribution < 1.29 is 14.3 Å². The number of aromatic amines is 1. The summed E-state index contributed by atoms with van der Waals surface area (Å²) in [6.45, 7) is 1.91. The van der Waals surface area contributed by atoms with E-state index in [-0.39, 0.29) is 24.0 Å². The normalized spacial score (nSPS) is 12.0. The van der Waals surface area contributed by atoms with Crippen LogP contribution in [0, 0.1) is 12.7 Å². The quantitative estimate of drug-likeness (QED) is 0.739. The van der Waals surface area contributed by atoms with Crippen molar-refractivity contribution in [2.75, 3.05) is 13.6 Å². The lowest BCUT2D eigenvalue weighted by molar-refractivity contribution is 0.0675. The van der Waals surface area contributed by atoms with Crippen molar-refractivity contribution in [1.29, 1.82) is 0 Å². The van der Waals surface area contributed by atoms with E-state index < -0.39 is 6.10 Å². The highest BCUT2D eigenvalue weighted by molar-refractivity contribution is 5.94. The third-order valence-electron chi connectivity index (χ3n) is 4.18. The van der Waals surface area contributed by atoms with Crippen LogP contribution in [0.4, 0.5) is 4.39 Å². The number of halogens is 1. The minimum absolute atomic E-state index is 0.154. The monoisotopic (exact) mass is 353 g/mol. The van der Waals surface area contributed by atoms with Gasteiger partial charge in [-0.3, -0.25) is 4.79 Å². The number of amides is 1. The summed E-state index contributed by atoms with van der Waals surface area (Å²) in [6, 6.07) is 15.1. The van der Waals surface area contributed by atoms with Crippen molar-refractivity contribution in [2.45, 2.75) is 13.0 Å². The minimum Gasteiger partial charge on any atom is -0.387 e. The third-order valence-corrected chi connectivity index (χ3v) is 4.18. The molecule has 134 valence electrons. The molecular formula is C20H20FN3O2. The number of rotatable bonds is 5. The van der Waals surface area contributed by atoms with E-state index in [4.69, 9.17) is 0 Å². The van der Waals surface area contributed by atoms with Crippen LogP contribution < -0.4 is 0 Å². The van der Waals surface area contributed by atoms with Gasteiger partial charge in [0.2, 0.25) is 0 Å². The molecule has 0 aliphatic rings. The summed E-state index contributed by atoms with van der Waals surface area (Å²) in [5.41, 5.74) is 2.35. The zero-order valence-electron chi connectivity index (χ0n) is 14.6. The third kappa shape index (κ3) is 3.81. The highest BCUT2D eigenvalue weighted by Crippen LogP contribution is 2.20. The smallest absolute Gasteiger partial charge is 0.274 e. The number of aliphatic hydroxyl groups is 1. The van der Waals surface area contributed by atoms with E-state index in [0.29, 0.717) is 17.1 Å². The topological polar surface area (TPSA) is 69.2 Å². The van der Waals surface area contributed by atoms with Crippen LogP contribution in [0.2, 0.25) is 0 Å². The summed E-state index contributed by atoms with van der Waals surface area (Å²) >= 11 is 0. The average Bonchev–Trinajstić information content (AvgIpc) is 3.04. The molecule has 1 heterocycles. The molecule has 0 aliphatic carbocycles. The van der Waals surface area contributed by atoms with E-state index >= 15 is 0 Å². The van der Waals surface area contributed by atoms with Crippen molar-refractivity contribution >= 4 is 5.91 Å². The molecule has 1 unspecified atom stereocenters. The number of hydrogen-bond donors (Lipinski definition) is 2. The van der Waals surface area contributed by atoms with Crippen LogP contribution in [0.5, 0.6) is 0 Å². The summed E-state index contributed by atoms with van der Waals surface area (Å²) in [5.74, 6) is -0.118. The number of benzene rings is 2. The standard InChI is InChI=1S/C20H20FN3O2/c1-13-18(23-19(22-13)15-8-10-16(21)11-9-15)20(26)24(2)12-17(25)14-6-4-3-5-7-14/h3-11,17,25H,12H2,1-2H3,(H,22,23). The number of nitrogens with zero attached hydrogens (tertiary/aromatic N) is 2. The Bertz CT molecular complexity index is 891. The first kappa shape index (κ1) is 17.8. The fourth-order valence-electron chi connectivity index (χ4n) is 2.72. The summed E-state index contributed by atoms with van der Waals surface area (Å²) in [7, 11) is 1.63. The Morgan fingerprint density at radius 1 is 1.19 bits per heavy atom. The Balaban J connectivity index is 1.76. The molecule has 0 fully saturated rings. The van der Waals surface area contributed by atoms with Crippen LogP contribution in [0.3, 0.4) is 0 Å². The van der Waals surface area contributed by atoms with Gasteiger partial charge in [-0.2, -0.15) is 0 Å². The molecule has 0 saturated heterocycles. The summed E-state index contributed by atoms with van der Waals surface area (Å²) in [5, 5.41) is 10.3. The molecule has 1 amide bonds. The molecule has 1 aromatic heterocycles. The average molecular weight is 353 g/mol. The number of nitrogens with one attached hydrogen (secondary N) is 1. The molecule has 0 spiro atoms. The second kappa shape index (κ2) is 7.49. The van der Waals surface area contributed by atoms with Crippen LogP contribution in [0.15, 0.2) is 54.6 Å². The maximum absolute atomic E-state index is 13.1. The molecule has 0 bridgehead atoms. The minimum atomic E-state index is -0.777. The van der Waals surface area contributed by atoms with E-state index in [2.05, 4.69) is 9.97 Å².